The minimum Gasteiger partial charge on any atom is -0.459 e. The second-order valence-electron chi connectivity index (χ2n) is 5.69. The zero-order valence-corrected chi connectivity index (χ0v) is 13.1. The van der Waals surface area contributed by atoms with E-state index >= 15 is 0 Å². The third kappa shape index (κ3) is 3.41. The summed E-state index contributed by atoms with van der Waals surface area (Å²) in [7, 11) is 2.16. The van der Waals surface area contributed by atoms with E-state index in [-0.39, 0.29) is 0 Å². The number of fused-ring (bicyclic) bond motifs is 1. The number of nitrogens with zero attached hydrogens (tertiary/aromatic N) is 1. The fraction of sp³-hybridized carbons (Fsp3) is 0.529. The van der Waals surface area contributed by atoms with Crippen LogP contribution in [0.2, 0.25) is 0 Å². The largest absolute Gasteiger partial charge is 0.459 e. The van der Waals surface area contributed by atoms with Crippen molar-refractivity contribution in [3.8, 4) is 0 Å². The average Bonchev–Trinajstić information content (AvgIpc) is 2.77. The van der Waals surface area contributed by atoms with E-state index in [2.05, 4.69) is 56.2 Å². The van der Waals surface area contributed by atoms with Crippen LogP contribution in [-0.4, -0.2) is 24.5 Å². The van der Waals surface area contributed by atoms with Gasteiger partial charge in [-0.3, -0.25) is 4.90 Å². The quantitative estimate of drug-likeness (QED) is 0.779. The molecule has 0 aliphatic carbocycles. The summed E-state index contributed by atoms with van der Waals surface area (Å²) in [5.74, 6) is 1.08. The van der Waals surface area contributed by atoms with Gasteiger partial charge in [-0.25, -0.2) is 0 Å². The van der Waals surface area contributed by atoms with Gasteiger partial charge in [0.25, 0.3) is 0 Å². The molecule has 110 valence electrons. The van der Waals surface area contributed by atoms with Gasteiger partial charge in [-0.05, 0) is 39.9 Å². The maximum Gasteiger partial charge on any atom is 0.134 e. The highest BCUT2D eigenvalue weighted by Crippen LogP contribution is 2.27. The highest BCUT2D eigenvalue weighted by atomic mass is 16.3. The fourth-order valence-electron chi connectivity index (χ4n) is 2.28. The molecule has 1 heterocycles. The van der Waals surface area contributed by atoms with Crippen LogP contribution in [0.25, 0.3) is 11.0 Å². The van der Waals surface area contributed by atoms with Crippen molar-refractivity contribution in [3.63, 3.8) is 0 Å². The van der Waals surface area contributed by atoms with Gasteiger partial charge in [0.2, 0.25) is 0 Å². The van der Waals surface area contributed by atoms with Gasteiger partial charge < -0.3 is 9.73 Å². The van der Waals surface area contributed by atoms with Gasteiger partial charge >= 0.3 is 0 Å². The lowest BCUT2D eigenvalue weighted by Crippen LogP contribution is -2.26. The first-order valence-corrected chi connectivity index (χ1v) is 7.53. The number of furan rings is 1. The van der Waals surface area contributed by atoms with Crippen molar-refractivity contribution >= 4 is 11.0 Å². The van der Waals surface area contributed by atoms with Crippen molar-refractivity contribution in [2.24, 2.45) is 0 Å². The summed E-state index contributed by atoms with van der Waals surface area (Å²) in [6.45, 7) is 9.38. The molecule has 1 aromatic heterocycles. The zero-order chi connectivity index (χ0) is 14.5. The first-order valence-electron chi connectivity index (χ1n) is 7.53. The van der Waals surface area contributed by atoms with Gasteiger partial charge in [0.15, 0.2) is 0 Å². The lowest BCUT2D eigenvalue weighted by molar-refractivity contribution is 0.264. The molecule has 3 nitrogen and oxygen atoms in total. The number of rotatable bonds is 7. The monoisotopic (exact) mass is 274 g/mol. The zero-order valence-electron chi connectivity index (χ0n) is 13.1. The molecule has 0 aliphatic heterocycles. The molecule has 3 heteroatoms. The Morgan fingerprint density at radius 2 is 2.00 bits per heavy atom. The van der Waals surface area contributed by atoms with Crippen LogP contribution in [0.15, 0.2) is 28.7 Å². The molecule has 0 saturated heterocycles. The molecular formula is C17H26N2O. The Morgan fingerprint density at radius 1 is 1.25 bits per heavy atom. The van der Waals surface area contributed by atoms with Gasteiger partial charge in [0, 0.05) is 23.5 Å². The molecule has 0 amide bonds. The molecule has 0 fully saturated rings. The molecule has 0 unspecified atom stereocenters. The first kappa shape index (κ1) is 15.1. The Hall–Kier alpha value is -1.32. The molecule has 1 N–H and O–H groups in total. The maximum absolute atomic E-state index is 6.04. The summed E-state index contributed by atoms with van der Waals surface area (Å²) in [5.41, 5.74) is 2.31. The molecule has 0 bridgehead atoms. The standard InChI is InChI=1S/C17H26N2O/c1-5-10-18-11-17-15(12-19(4)13(2)3)14-8-6-7-9-16(14)20-17/h6-9,13,18H,5,10-12H2,1-4H3. The van der Waals surface area contributed by atoms with Crippen LogP contribution < -0.4 is 5.32 Å². The van der Waals surface area contributed by atoms with Crippen LogP contribution >= 0.6 is 0 Å². The lowest BCUT2D eigenvalue weighted by atomic mass is 10.1. The molecule has 0 spiro atoms. The predicted molar refractivity (Wildman–Crippen MR) is 84.8 cm³/mol. The van der Waals surface area contributed by atoms with Crippen molar-refractivity contribution in [3.05, 3.63) is 35.6 Å². The lowest BCUT2D eigenvalue weighted by Gasteiger charge is -2.21. The number of hydrogen-bond acceptors (Lipinski definition) is 3. The second kappa shape index (κ2) is 6.91. The molecule has 1 aromatic carbocycles. The highest BCUT2D eigenvalue weighted by molar-refractivity contribution is 5.82. The Kier molecular flexibility index (Phi) is 5.21. The smallest absolute Gasteiger partial charge is 0.134 e. The van der Waals surface area contributed by atoms with Gasteiger partial charge in [-0.1, -0.05) is 25.1 Å². The normalized spacial score (nSPS) is 11.9. The number of para-hydroxylation sites is 1. The van der Waals surface area contributed by atoms with Crippen LogP contribution in [-0.2, 0) is 13.1 Å². The number of benzene rings is 1. The van der Waals surface area contributed by atoms with Crippen molar-refractivity contribution < 1.29 is 4.42 Å². The van der Waals surface area contributed by atoms with E-state index in [1.807, 2.05) is 6.07 Å². The molecule has 0 aliphatic rings. The first-order chi connectivity index (χ1) is 9.63. The highest BCUT2D eigenvalue weighted by Gasteiger charge is 2.16. The third-order valence-electron chi connectivity index (χ3n) is 3.78. The Labute approximate surface area is 122 Å². The summed E-state index contributed by atoms with van der Waals surface area (Å²) < 4.78 is 6.04. The van der Waals surface area contributed by atoms with Crippen molar-refractivity contribution in [2.75, 3.05) is 13.6 Å². The molecule has 0 atom stereocenters. The van der Waals surface area contributed by atoms with E-state index in [9.17, 15) is 0 Å². The van der Waals surface area contributed by atoms with E-state index in [1.54, 1.807) is 0 Å². The van der Waals surface area contributed by atoms with Gasteiger partial charge in [-0.2, -0.15) is 0 Å². The summed E-state index contributed by atoms with van der Waals surface area (Å²) >= 11 is 0. The second-order valence-corrected chi connectivity index (χ2v) is 5.69. The molecule has 0 saturated carbocycles. The topological polar surface area (TPSA) is 28.4 Å². The van der Waals surface area contributed by atoms with E-state index < -0.39 is 0 Å². The van der Waals surface area contributed by atoms with Crippen molar-refractivity contribution in [1.82, 2.24) is 10.2 Å². The predicted octanol–water partition coefficient (Wildman–Crippen LogP) is 3.77. The van der Waals surface area contributed by atoms with E-state index in [1.165, 1.54) is 10.9 Å². The Bertz CT molecular complexity index is 545. The summed E-state index contributed by atoms with van der Waals surface area (Å²) in [5, 5.41) is 4.69. The minimum atomic E-state index is 0.528. The number of nitrogens with one attached hydrogen (secondary N) is 1. The summed E-state index contributed by atoms with van der Waals surface area (Å²) in [4.78, 5) is 2.35. The summed E-state index contributed by atoms with van der Waals surface area (Å²) in [6.07, 6.45) is 1.14. The molecule has 0 radical (unpaired) electrons. The molecule has 2 rings (SSSR count). The summed E-state index contributed by atoms with van der Waals surface area (Å²) in [6, 6.07) is 8.86. The fourth-order valence-corrected chi connectivity index (χ4v) is 2.28. The van der Waals surface area contributed by atoms with Crippen molar-refractivity contribution in [2.45, 2.75) is 46.3 Å². The Morgan fingerprint density at radius 3 is 2.70 bits per heavy atom. The average molecular weight is 274 g/mol. The maximum atomic E-state index is 6.04. The van der Waals surface area contributed by atoms with Crippen LogP contribution in [0.1, 0.15) is 38.5 Å². The van der Waals surface area contributed by atoms with Crippen LogP contribution in [0.4, 0.5) is 0 Å². The SMILES string of the molecule is CCCNCc1oc2ccccc2c1CN(C)C(C)C. The van der Waals surface area contributed by atoms with Crippen LogP contribution in [0.3, 0.4) is 0 Å². The van der Waals surface area contributed by atoms with Crippen molar-refractivity contribution in [1.29, 1.82) is 0 Å². The van der Waals surface area contributed by atoms with E-state index in [0.29, 0.717) is 6.04 Å². The van der Waals surface area contributed by atoms with E-state index in [4.69, 9.17) is 4.42 Å². The number of hydrogen-bond donors (Lipinski definition) is 1. The van der Waals surface area contributed by atoms with Crippen LogP contribution in [0.5, 0.6) is 0 Å². The van der Waals surface area contributed by atoms with Gasteiger partial charge in [-0.15, -0.1) is 0 Å². The molecule has 2 aromatic rings. The van der Waals surface area contributed by atoms with E-state index in [0.717, 1.165) is 37.4 Å². The molecular weight excluding hydrogens is 248 g/mol. The minimum absolute atomic E-state index is 0.528. The Balaban J connectivity index is 2.29. The van der Waals surface area contributed by atoms with Gasteiger partial charge in [0.1, 0.15) is 11.3 Å². The van der Waals surface area contributed by atoms with Gasteiger partial charge in [0.05, 0.1) is 6.54 Å². The van der Waals surface area contributed by atoms with Crippen LogP contribution in [0, 0.1) is 0 Å². The molecule has 20 heavy (non-hydrogen) atoms. The third-order valence-corrected chi connectivity index (χ3v) is 3.78.